The van der Waals surface area contributed by atoms with Crippen molar-refractivity contribution in [3.05, 3.63) is 69.7 Å². The number of carbonyl (C=O) groups excluding carboxylic acids is 2. The summed E-state index contributed by atoms with van der Waals surface area (Å²) in [4.78, 5) is 24.1. The standard InChI is InChI=1S/C17H16Cl2N2O2/c1-20-16(22)10-15(11-2-6-13(18)7-3-11)21-17(23)12-4-8-14(19)9-5-12/h2-9,15H,10H2,1H3,(H,20,22)(H,21,23). The quantitative estimate of drug-likeness (QED) is 0.865. The van der Waals surface area contributed by atoms with E-state index < -0.39 is 6.04 Å². The minimum Gasteiger partial charge on any atom is -0.359 e. The summed E-state index contributed by atoms with van der Waals surface area (Å²) >= 11 is 11.7. The van der Waals surface area contributed by atoms with Crippen LogP contribution in [0.5, 0.6) is 0 Å². The van der Waals surface area contributed by atoms with E-state index in [2.05, 4.69) is 10.6 Å². The van der Waals surface area contributed by atoms with E-state index in [1.165, 1.54) is 0 Å². The molecule has 2 N–H and O–H groups in total. The van der Waals surface area contributed by atoms with Gasteiger partial charge in [0.05, 0.1) is 12.5 Å². The van der Waals surface area contributed by atoms with Crippen molar-refractivity contribution in [2.45, 2.75) is 12.5 Å². The summed E-state index contributed by atoms with van der Waals surface area (Å²) in [5.41, 5.74) is 1.28. The number of hydrogen-bond acceptors (Lipinski definition) is 2. The summed E-state index contributed by atoms with van der Waals surface area (Å²) in [6.07, 6.45) is 0.136. The van der Waals surface area contributed by atoms with Gasteiger partial charge in [-0.3, -0.25) is 9.59 Å². The molecule has 2 aromatic carbocycles. The molecule has 0 spiro atoms. The van der Waals surface area contributed by atoms with E-state index in [0.717, 1.165) is 5.56 Å². The van der Waals surface area contributed by atoms with E-state index in [1.54, 1.807) is 55.6 Å². The van der Waals surface area contributed by atoms with E-state index in [0.29, 0.717) is 15.6 Å². The first kappa shape index (κ1) is 17.3. The van der Waals surface area contributed by atoms with E-state index >= 15 is 0 Å². The predicted octanol–water partition coefficient (Wildman–Crippen LogP) is 3.60. The molecule has 0 aromatic heterocycles. The summed E-state index contributed by atoms with van der Waals surface area (Å²) in [6.45, 7) is 0. The highest BCUT2D eigenvalue weighted by molar-refractivity contribution is 6.30. The number of amides is 2. The summed E-state index contributed by atoms with van der Waals surface area (Å²) in [6, 6.07) is 13.1. The molecule has 0 aliphatic heterocycles. The number of nitrogens with one attached hydrogen (secondary N) is 2. The van der Waals surface area contributed by atoms with Crippen LogP contribution < -0.4 is 10.6 Å². The fourth-order valence-electron chi connectivity index (χ4n) is 2.08. The van der Waals surface area contributed by atoms with Crippen LogP contribution in [0.4, 0.5) is 0 Å². The molecule has 0 heterocycles. The van der Waals surface area contributed by atoms with Gasteiger partial charge in [-0.1, -0.05) is 35.3 Å². The van der Waals surface area contributed by atoms with Gasteiger partial charge in [0.2, 0.25) is 5.91 Å². The molecule has 0 saturated heterocycles. The topological polar surface area (TPSA) is 58.2 Å². The van der Waals surface area contributed by atoms with Crippen molar-refractivity contribution in [2.75, 3.05) is 7.05 Å². The highest BCUT2D eigenvalue weighted by Gasteiger charge is 2.18. The number of benzene rings is 2. The molecule has 0 radical (unpaired) electrons. The maximum absolute atomic E-state index is 12.4. The molecule has 0 fully saturated rings. The molecule has 120 valence electrons. The maximum Gasteiger partial charge on any atom is 0.251 e. The lowest BCUT2D eigenvalue weighted by molar-refractivity contribution is -0.121. The lowest BCUT2D eigenvalue weighted by atomic mass is 10.0. The van der Waals surface area contributed by atoms with Gasteiger partial charge >= 0.3 is 0 Å². The van der Waals surface area contributed by atoms with Crippen LogP contribution in [0.2, 0.25) is 10.0 Å². The van der Waals surface area contributed by atoms with Crippen LogP contribution in [0.25, 0.3) is 0 Å². The molecule has 0 bridgehead atoms. The average molecular weight is 351 g/mol. The summed E-state index contributed by atoms with van der Waals surface area (Å²) in [5.74, 6) is -0.438. The molecule has 4 nitrogen and oxygen atoms in total. The van der Waals surface area contributed by atoms with Crippen LogP contribution in [0.15, 0.2) is 48.5 Å². The molecule has 2 aromatic rings. The first-order valence-electron chi connectivity index (χ1n) is 7.02. The van der Waals surface area contributed by atoms with Crippen molar-refractivity contribution in [1.29, 1.82) is 0 Å². The zero-order chi connectivity index (χ0) is 16.8. The van der Waals surface area contributed by atoms with Gasteiger partial charge in [-0.05, 0) is 42.0 Å². The Morgan fingerprint density at radius 1 is 0.957 bits per heavy atom. The van der Waals surface area contributed by atoms with Gasteiger partial charge in [0.15, 0.2) is 0 Å². The Morgan fingerprint density at radius 2 is 1.48 bits per heavy atom. The summed E-state index contributed by atoms with van der Waals surface area (Å²) in [7, 11) is 1.56. The van der Waals surface area contributed by atoms with Crippen molar-refractivity contribution in [3.8, 4) is 0 Å². The second-order valence-corrected chi connectivity index (χ2v) is 5.83. The van der Waals surface area contributed by atoms with Crippen molar-refractivity contribution in [3.63, 3.8) is 0 Å². The van der Waals surface area contributed by atoms with Crippen LogP contribution in [0.1, 0.15) is 28.4 Å². The molecular formula is C17H16Cl2N2O2. The largest absolute Gasteiger partial charge is 0.359 e. The van der Waals surface area contributed by atoms with Gasteiger partial charge in [0.25, 0.3) is 5.91 Å². The van der Waals surface area contributed by atoms with Crippen molar-refractivity contribution in [2.24, 2.45) is 0 Å². The smallest absolute Gasteiger partial charge is 0.251 e. The Labute approximate surface area is 144 Å². The van der Waals surface area contributed by atoms with Crippen molar-refractivity contribution in [1.82, 2.24) is 10.6 Å². The number of rotatable bonds is 5. The third kappa shape index (κ3) is 4.98. The lowest BCUT2D eigenvalue weighted by Crippen LogP contribution is -2.32. The fourth-order valence-corrected chi connectivity index (χ4v) is 2.33. The molecule has 1 atom stereocenters. The second kappa shape index (κ2) is 7.99. The molecule has 6 heteroatoms. The Hall–Kier alpha value is -2.04. The van der Waals surface area contributed by atoms with Crippen LogP contribution in [0.3, 0.4) is 0 Å². The van der Waals surface area contributed by atoms with Crippen LogP contribution in [0, 0.1) is 0 Å². The Morgan fingerprint density at radius 3 is 2.00 bits per heavy atom. The fraction of sp³-hybridized carbons (Fsp3) is 0.176. The molecule has 23 heavy (non-hydrogen) atoms. The second-order valence-electron chi connectivity index (χ2n) is 4.96. The third-order valence-corrected chi connectivity index (χ3v) is 3.86. The zero-order valence-corrected chi connectivity index (χ0v) is 14.0. The predicted molar refractivity (Wildman–Crippen MR) is 91.8 cm³/mol. The van der Waals surface area contributed by atoms with Crippen molar-refractivity contribution < 1.29 is 9.59 Å². The number of halogens is 2. The highest BCUT2D eigenvalue weighted by atomic mass is 35.5. The highest BCUT2D eigenvalue weighted by Crippen LogP contribution is 2.20. The Bertz CT molecular complexity index is 685. The minimum absolute atomic E-state index is 0.136. The van der Waals surface area contributed by atoms with E-state index in [1.807, 2.05) is 0 Å². The van der Waals surface area contributed by atoms with E-state index in [4.69, 9.17) is 23.2 Å². The Kier molecular flexibility index (Phi) is 6.02. The van der Waals surface area contributed by atoms with E-state index in [9.17, 15) is 9.59 Å². The van der Waals surface area contributed by atoms with Gasteiger partial charge in [-0.25, -0.2) is 0 Å². The summed E-state index contributed by atoms with van der Waals surface area (Å²) in [5, 5.41) is 6.58. The van der Waals surface area contributed by atoms with Gasteiger partial charge < -0.3 is 10.6 Å². The molecule has 2 amide bonds. The molecular weight excluding hydrogens is 335 g/mol. The molecule has 0 aliphatic rings. The minimum atomic E-state index is -0.449. The van der Waals surface area contributed by atoms with Gasteiger partial charge in [-0.2, -0.15) is 0 Å². The lowest BCUT2D eigenvalue weighted by Gasteiger charge is -2.19. The number of carbonyl (C=O) groups is 2. The first-order chi connectivity index (χ1) is 11.0. The molecule has 0 saturated carbocycles. The molecule has 0 aliphatic carbocycles. The monoisotopic (exact) mass is 350 g/mol. The summed E-state index contributed by atoms with van der Waals surface area (Å²) < 4.78 is 0. The zero-order valence-electron chi connectivity index (χ0n) is 12.5. The maximum atomic E-state index is 12.4. The molecule has 1 unspecified atom stereocenters. The first-order valence-corrected chi connectivity index (χ1v) is 7.77. The SMILES string of the molecule is CNC(=O)CC(NC(=O)c1ccc(Cl)cc1)c1ccc(Cl)cc1. The van der Waals surface area contributed by atoms with E-state index in [-0.39, 0.29) is 18.2 Å². The van der Waals surface area contributed by atoms with Gasteiger partial charge in [0.1, 0.15) is 0 Å². The van der Waals surface area contributed by atoms with Crippen LogP contribution in [-0.4, -0.2) is 18.9 Å². The van der Waals surface area contributed by atoms with Crippen molar-refractivity contribution >= 4 is 35.0 Å². The normalized spacial score (nSPS) is 11.6. The van der Waals surface area contributed by atoms with Gasteiger partial charge in [-0.15, -0.1) is 0 Å². The Balaban J connectivity index is 2.19. The molecule has 2 rings (SSSR count). The van der Waals surface area contributed by atoms with Crippen LogP contribution >= 0.6 is 23.2 Å². The van der Waals surface area contributed by atoms with Gasteiger partial charge in [0, 0.05) is 22.7 Å². The third-order valence-electron chi connectivity index (χ3n) is 3.35. The average Bonchev–Trinajstić information content (AvgIpc) is 2.55. The van der Waals surface area contributed by atoms with Crippen LogP contribution in [-0.2, 0) is 4.79 Å². The number of hydrogen-bond donors (Lipinski definition) is 2.